The quantitative estimate of drug-likeness (QED) is 0.846. The molecule has 0 saturated carbocycles. The van der Waals surface area contributed by atoms with Gasteiger partial charge in [-0.2, -0.15) is 4.31 Å². The van der Waals surface area contributed by atoms with Gasteiger partial charge in [0, 0.05) is 23.7 Å². The summed E-state index contributed by atoms with van der Waals surface area (Å²) in [7, 11) is -3.57. The summed E-state index contributed by atoms with van der Waals surface area (Å²) in [5.74, 6) is -0.126. The molecular weight excluding hydrogens is 372 g/mol. The van der Waals surface area contributed by atoms with Crippen LogP contribution in [0.5, 0.6) is 0 Å². The van der Waals surface area contributed by atoms with E-state index in [-0.39, 0.29) is 23.0 Å². The molecule has 3 rings (SSSR count). The van der Waals surface area contributed by atoms with E-state index >= 15 is 0 Å². The van der Waals surface area contributed by atoms with Gasteiger partial charge in [0.15, 0.2) is 0 Å². The third kappa shape index (κ3) is 4.50. The third-order valence-electron chi connectivity index (χ3n) is 4.08. The molecular formula is C18H22N2O4S2. The number of carbonyl (C=O) groups excluding carboxylic acids is 1. The maximum atomic E-state index is 12.8. The van der Waals surface area contributed by atoms with Crippen LogP contribution in [0.4, 0.5) is 5.69 Å². The second kappa shape index (κ2) is 7.87. The molecule has 0 aliphatic carbocycles. The summed E-state index contributed by atoms with van der Waals surface area (Å²) in [5.41, 5.74) is 0.578. The average Bonchev–Trinajstić information content (AvgIpc) is 3.07. The SMILES string of the molecule is C[C@H]1CN(S(=O)(=O)c2ccc(NC(=O)Cc3cccs3)cc2)C[C@H](C)O1. The summed E-state index contributed by atoms with van der Waals surface area (Å²) in [6, 6.07) is 10.1. The molecule has 1 aromatic heterocycles. The van der Waals surface area contributed by atoms with E-state index < -0.39 is 10.0 Å². The second-order valence-corrected chi connectivity index (χ2v) is 9.38. The fourth-order valence-electron chi connectivity index (χ4n) is 2.96. The normalized spacial score (nSPS) is 21.5. The van der Waals surface area contributed by atoms with Crippen molar-refractivity contribution in [2.45, 2.75) is 37.4 Å². The van der Waals surface area contributed by atoms with Crippen LogP contribution in [-0.4, -0.2) is 43.9 Å². The molecule has 0 spiro atoms. The fourth-order valence-corrected chi connectivity index (χ4v) is 5.26. The van der Waals surface area contributed by atoms with Gasteiger partial charge in [-0.05, 0) is 49.6 Å². The number of ether oxygens (including phenoxy) is 1. The van der Waals surface area contributed by atoms with Crippen molar-refractivity contribution < 1.29 is 17.9 Å². The number of carbonyl (C=O) groups is 1. The molecule has 6 nitrogen and oxygen atoms in total. The maximum absolute atomic E-state index is 12.8. The number of benzene rings is 1. The van der Waals surface area contributed by atoms with Gasteiger partial charge in [0.1, 0.15) is 0 Å². The minimum absolute atomic E-state index is 0.126. The zero-order chi connectivity index (χ0) is 18.7. The van der Waals surface area contributed by atoms with Gasteiger partial charge in [-0.3, -0.25) is 4.79 Å². The lowest BCUT2D eigenvalue weighted by atomic mass is 10.3. The van der Waals surface area contributed by atoms with Gasteiger partial charge >= 0.3 is 0 Å². The van der Waals surface area contributed by atoms with Crippen LogP contribution in [-0.2, 0) is 26.0 Å². The number of morpholine rings is 1. The van der Waals surface area contributed by atoms with Gasteiger partial charge in [0.2, 0.25) is 15.9 Å². The van der Waals surface area contributed by atoms with E-state index in [1.165, 1.54) is 27.8 Å². The Morgan fingerprint density at radius 2 is 1.85 bits per heavy atom. The monoisotopic (exact) mass is 394 g/mol. The third-order valence-corrected chi connectivity index (χ3v) is 6.80. The van der Waals surface area contributed by atoms with E-state index in [2.05, 4.69) is 5.32 Å². The largest absolute Gasteiger partial charge is 0.373 e. The minimum atomic E-state index is -3.57. The van der Waals surface area contributed by atoms with Gasteiger partial charge in [-0.1, -0.05) is 6.07 Å². The van der Waals surface area contributed by atoms with Crippen molar-refractivity contribution in [2.24, 2.45) is 0 Å². The topological polar surface area (TPSA) is 75.7 Å². The Morgan fingerprint density at radius 3 is 2.42 bits per heavy atom. The molecule has 1 saturated heterocycles. The Hall–Kier alpha value is -1.74. The lowest BCUT2D eigenvalue weighted by Gasteiger charge is -2.34. The van der Waals surface area contributed by atoms with Crippen LogP contribution in [0.2, 0.25) is 0 Å². The summed E-state index contributed by atoms with van der Waals surface area (Å²) in [6.45, 7) is 4.41. The number of nitrogens with zero attached hydrogens (tertiary/aromatic N) is 1. The number of hydrogen-bond acceptors (Lipinski definition) is 5. The minimum Gasteiger partial charge on any atom is -0.373 e. The Balaban J connectivity index is 1.67. The number of anilines is 1. The molecule has 1 aromatic carbocycles. The molecule has 2 heterocycles. The van der Waals surface area contributed by atoms with Crippen molar-refractivity contribution in [1.29, 1.82) is 0 Å². The molecule has 0 bridgehead atoms. The molecule has 2 atom stereocenters. The Labute approximate surface area is 157 Å². The zero-order valence-electron chi connectivity index (χ0n) is 14.7. The molecule has 1 fully saturated rings. The van der Waals surface area contributed by atoms with E-state index in [4.69, 9.17) is 4.74 Å². The van der Waals surface area contributed by atoms with Crippen LogP contribution >= 0.6 is 11.3 Å². The number of hydrogen-bond donors (Lipinski definition) is 1. The van der Waals surface area contributed by atoms with Crippen molar-refractivity contribution in [2.75, 3.05) is 18.4 Å². The standard InChI is InChI=1S/C18H22N2O4S2/c1-13-11-20(12-14(2)24-13)26(22,23)17-7-5-15(6-8-17)19-18(21)10-16-4-3-9-25-16/h3-9,13-14H,10-12H2,1-2H3,(H,19,21)/t13-,14-/m0/s1. The molecule has 140 valence electrons. The van der Waals surface area contributed by atoms with Crippen LogP contribution < -0.4 is 5.32 Å². The molecule has 8 heteroatoms. The number of nitrogens with one attached hydrogen (secondary N) is 1. The highest BCUT2D eigenvalue weighted by Gasteiger charge is 2.32. The maximum Gasteiger partial charge on any atom is 0.243 e. The highest BCUT2D eigenvalue weighted by Crippen LogP contribution is 2.22. The first kappa shape index (κ1) is 19.0. The van der Waals surface area contributed by atoms with E-state index in [1.54, 1.807) is 12.1 Å². The molecule has 1 aliphatic heterocycles. The summed E-state index contributed by atoms with van der Waals surface area (Å²) in [4.78, 5) is 13.2. The molecule has 2 aromatic rings. The molecule has 26 heavy (non-hydrogen) atoms. The molecule has 1 aliphatic rings. The van der Waals surface area contributed by atoms with Gasteiger partial charge in [-0.15, -0.1) is 11.3 Å². The first-order chi connectivity index (χ1) is 12.3. The van der Waals surface area contributed by atoms with Gasteiger partial charge in [-0.25, -0.2) is 8.42 Å². The van der Waals surface area contributed by atoms with Crippen molar-refractivity contribution in [1.82, 2.24) is 4.31 Å². The van der Waals surface area contributed by atoms with E-state index in [1.807, 2.05) is 31.4 Å². The lowest BCUT2D eigenvalue weighted by Crippen LogP contribution is -2.48. The number of rotatable bonds is 5. The van der Waals surface area contributed by atoms with Crippen molar-refractivity contribution in [3.63, 3.8) is 0 Å². The summed E-state index contributed by atoms with van der Waals surface area (Å²) >= 11 is 1.53. The highest BCUT2D eigenvalue weighted by atomic mass is 32.2. The average molecular weight is 395 g/mol. The van der Waals surface area contributed by atoms with Crippen LogP contribution in [0.25, 0.3) is 0 Å². The van der Waals surface area contributed by atoms with Crippen molar-refractivity contribution in [3.05, 3.63) is 46.7 Å². The van der Waals surface area contributed by atoms with E-state index in [0.29, 0.717) is 25.2 Å². The molecule has 0 radical (unpaired) electrons. The van der Waals surface area contributed by atoms with Crippen LogP contribution in [0.3, 0.4) is 0 Å². The zero-order valence-corrected chi connectivity index (χ0v) is 16.3. The Morgan fingerprint density at radius 1 is 1.19 bits per heavy atom. The van der Waals surface area contributed by atoms with E-state index in [9.17, 15) is 13.2 Å². The predicted molar refractivity (Wildman–Crippen MR) is 102 cm³/mol. The van der Waals surface area contributed by atoms with Gasteiger partial charge in [0.05, 0.1) is 23.5 Å². The van der Waals surface area contributed by atoms with Crippen LogP contribution in [0.1, 0.15) is 18.7 Å². The van der Waals surface area contributed by atoms with Crippen molar-refractivity contribution >= 4 is 33.0 Å². The Kier molecular flexibility index (Phi) is 5.76. The van der Waals surface area contributed by atoms with E-state index in [0.717, 1.165) is 4.88 Å². The molecule has 0 unspecified atom stereocenters. The Bertz CT molecular complexity index is 838. The van der Waals surface area contributed by atoms with Crippen LogP contribution in [0.15, 0.2) is 46.7 Å². The smallest absolute Gasteiger partial charge is 0.243 e. The molecule has 1 N–H and O–H groups in total. The summed E-state index contributed by atoms with van der Waals surface area (Å²) in [6.07, 6.45) is 0.0371. The van der Waals surface area contributed by atoms with Gasteiger partial charge < -0.3 is 10.1 Å². The summed E-state index contributed by atoms with van der Waals surface area (Å²) < 4.78 is 32.7. The highest BCUT2D eigenvalue weighted by molar-refractivity contribution is 7.89. The molecule has 1 amide bonds. The first-order valence-corrected chi connectivity index (χ1v) is 10.7. The summed E-state index contributed by atoms with van der Waals surface area (Å²) in [5, 5.41) is 4.72. The number of thiophene rings is 1. The van der Waals surface area contributed by atoms with Crippen molar-refractivity contribution in [3.8, 4) is 0 Å². The fraction of sp³-hybridized carbons (Fsp3) is 0.389. The first-order valence-electron chi connectivity index (χ1n) is 8.42. The van der Waals surface area contributed by atoms with Gasteiger partial charge in [0.25, 0.3) is 0 Å². The lowest BCUT2D eigenvalue weighted by molar-refractivity contribution is -0.115. The predicted octanol–water partition coefficient (Wildman–Crippen LogP) is 2.73. The number of amides is 1. The van der Waals surface area contributed by atoms with Crippen LogP contribution in [0, 0.1) is 0 Å². The number of sulfonamides is 1. The second-order valence-electron chi connectivity index (χ2n) is 6.41.